The monoisotopic (exact) mass is 366 g/mol. The summed E-state index contributed by atoms with van der Waals surface area (Å²) in [6, 6.07) is 1.07. The molecule has 27 heavy (non-hydrogen) atoms. The fourth-order valence-electron chi connectivity index (χ4n) is 4.46. The Hall–Kier alpha value is -2.28. The molecule has 1 saturated carbocycles. The number of amidine groups is 1. The lowest BCUT2D eigenvalue weighted by Gasteiger charge is -2.30. The van der Waals surface area contributed by atoms with E-state index in [0.29, 0.717) is 12.1 Å². The number of aromatic nitrogens is 2. The number of hydrogen-bond donors (Lipinski definition) is 1. The minimum Gasteiger partial charge on any atom is -0.364 e. The molecule has 0 radical (unpaired) electrons. The highest BCUT2D eigenvalue weighted by molar-refractivity contribution is 5.85. The molecule has 1 aliphatic carbocycles. The van der Waals surface area contributed by atoms with E-state index in [2.05, 4.69) is 44.3 Å². The Labute approximate surface area is 160 Å². The standard InChI is InChI=1S/C20H28N7/c1-25-10-8-16(9-11-25)23-19-6-7-20-21-13-18(27(20)24-19)15-12-22-26(14-15)17-4-2-3-5-17/h6,12-14,16-17,23H,2-5,7-11H2,1H3/q+1. The summed E-state index contributed by atoms with van der Waals surface area (Å²) in [6.45, 7) is 2.29. The Balaban J connectivity index is 1.31. The van der Waals surface area contributed by atoms with Crippen molar-refractivity contribution in [3.05, 3.63) is 36.1 Å². The largest absolute Gasteiger partial charge is 0.364 e. The maximum absolute atomic E-state index is 4.86. The third-order valence-corrected chi connectivity index (χ3v) is 6.16. The molecule has 7 heteroatoms. The summed E-state index contributed by atoms with van der Waals surface area (Å²) in [5.41, 5.74) is 2.13. The van der Waals surface area contributed by atoms with Crippen LogP contribution in [0.3, 0.4) is 0 Å². The summed E-state index contributed by atoms with van der Waals surface area (Å²) in [5, 5.41) is 13.1. The number of nitrogens with zero attached hydrogens (tertiary/aromatic N) is 6. The van der Waals surface area contributed by atoms with E-state index in [0.717, 1.165) is 42.4 Å². The van der Waals surface area contributed by atoms with Crippen molar-refractivity contribution in [2.75, 3.05) is 20.1 Å². The van der Waals surface area contributed by atoms with E-state index in [1.165, 1.54) is 38.5 Å². The topological polar surface area (TPSA) is 60.8 Å². The van der Waals surface area contributed by atoms with Crippen LogP contribution in [0.25, 0.3) is 5.70 Å². The van der Waals surface area contributed by atoms with E-state index in [9.17, 15) is 0 Å². The van der Waals surface area contributed by atoms with Gasteiger partial charge >= 0.3 is 5.84 Å². The van der Waals surface area contributed by atoms with Crippen LogP contribution in [0.4, 0.5) is 0 Å². The lowest BCUT2D eigenvalue weighted by molar-refractivity contribution is -0.379. The van der Waals surface area contributed by atoms with Gasteiger partial charge < -0.3 is 10.2 Å². The van der Waals surface area contributed by atoms with E-state index in [4.69, 9.17) is 5.11 Å². The second-order valence-corrected chi connectivity index (χ2v) is 8.13. The van der Waals surface area contributed by atoms with Crippen molar-refractivity contribution in [1.29, 1.82) is 0 Å². The summed E-state index contributed by atoms with van der Waals surface area (Å²) >= 11 is 0. The maximum Gasteiger partial charge on any atom is 0.328 e. The molecule has 0 atom stereocenters. The summed E-state index contributed by atoms with van der Waals surface area (Å²) < 4.78 is 4.13. The lowest BCUT2D eigenvalue weighted by Crippen LogP contribution is -2.40. The van der Waals surface area contributed by atoms with Gasteiger partial charge in [0.15, 0.2) is 12.0 Å². The number of aliphatic imine (C=N–C) groups is 1. The first-order valence-corrected chi connectivity index (χ1v) is 10.2. The van der Waals surface area contributed by atoms with Crippen molar-refractivity contribution in [2.45, 2.75) is 57.0 Å². The van der Waals surface area contributed by atoms with Crippen molar-refractivity contribution in [3.63, 3.8) is 0 Å². The van der Waals surface area contributed by atoms with Gasteiger partial charge in [-0.3, -0.25) is 4.68 Å². The predicted molar refractivity (Wildman–Crippen MR) is 104 cm³/mol. The molecule has 1 N–H and O–H groups in total. The number of rotatable bonds is 4. The van der Waals surface area contributed by atoms with Crippen molar-refractivity contribution < 1.29 is 4.70 Å². The molecule has 7 nitrogen and oxygen atoms in total. The molecular formula is C20H28N7+. The minimum atomic E-state index is 0.509. The first-order chi connectivity index (χ1) is 13.3. The Bertz CT molecular complexity index is 830. The van der Waals surface area contributed by atoms with Crippen LogP contribution in [-0.4, -0.2) is 51.4 Å². The third-order valence-electron chi connectivity index (χ3n) is 6.16. The van der Waals surface area contributed by atoms with Crippen molar-refractivity contribution in [3.8, 4) is 0 Å². The zero-order chi connectivity index (χ0) is 18.2. The average Bonchev–Trinajstić information content (AvgIpc) is 3.43. The summed E-state index contributed by atoms with van der Waals surface area (Å²) in [5.74, 6) is 1.96. The second kappa shape index (κ2) is 7.03. The normalized spacial score (nSPS) is 24.3. The quantitative estimate of drug-likeness (QED) is 0.833. The van der Waals surface area contributed by atoms with Crippen LogP contribution in [0.1, 0.15) is 56.6 Å². The molecule has 4 aliphatic rings. The molecule has 0 amide bonds. The van der Waals surface area contributed by atoms with Gasteiger partial charge in [-0.15, -0.1) is 0 Å². The maximum atomic E-state index is 4.86. The van der Waals surface area contributed by atoms with Crippen molar-refractivity contribution in [1.82, 2.24) is 20.0 Å². The fraction of sp³-hybridized carbons (Fsp3) is 0.600. The van der Waals surface area contributed by atoms with Crippen LogP contribution in [-0.2, 0) is 0 Å². The van der Waals surface area contributed by atoms with Gasteiger partial charge in [0.2, 0.25) is 5.70 Å². The lowest BCUT2D eigenvalue weighted by atomic mass is 10.1. The van der Waals surface area contributed by atoms with E-state index in [1.54, 1.807) is 0 Å². The highest BCUT2D eigenvalue weighted by Gasteiger charge is 2.33. The third kappa shape index (κ3) is 3.36. The van der Waals surface area contributed by atoms with Crippen LogP contribution in [0, 0.1) is 0 Å². The highest BCUT2D eigenvalue weighted by Crippen LogP contribution is 2.31. The first-order valence-electron chi connectivity index (χ1n) is 10.2. The Morgan fingerprint density at radius 1 is 1.15 bits per heavy atom. The number of nitrogens with one attached hydrogen (secondary N) is 1. The molecule has 0 aromatic carbocycles. The zero-order valence-corrected chi connectivity index (χ0v) is 16.0. The van der Waals surface area contributed by atoms with Crippen LogP contribution in [0.5, 0.6) is 0 Å². The van der Waals surface area contributed by atoms with Crippen molar-refractivity contribution in [2.24, 2.45) is 10.1 Å². The Kier molecular flexibility index (Phi) is 4.39. The van der Waals surface area contributed by atoms with Gasteiger partial charge in [0.05, 0.1) is 24.2 Å². The number of hydrogen-bond acceptors (Lipinski definition) is 5. The zero-order valence-electron chi connectivity index (χ0n) is 16.0. The van der Waals surface area contributed by atoms with Gasteiger partial charge in [-0.05, 0) is 56.9 Å². The molecule has 1 aromatic rings. The van der Waals surface area contributed by atoms with E-state index >= 15 is 0 Å². The van der Waals surface area contributed by atoms with E-state index in [-0.39, 0.29) is 0 Å². The van der Waals surface area contributed by atoms with Crippen LogP contribution >= 0.6 is 0 Å². The fourth-order valence-corrected chi connectivity index (χ4v) is 4.46. The van der Waals surface area contributed by atoms with Crippen molar-refractivity contribution >= 4 is 11.5 Å². The molecule has 2 fully saturated rings. The van der Waals surface area contributed by atoms with Crippen LogP contribution in [0.2, 0.25) is 0 Å². The molecule has 1 saturated heterocycles. The van der Waals surface area contributed by atoms with E-state index in [1.807, 2.05) is 17.1 Å². The molecule has 4 heterocycles. The molecular weight excluding hydrogens is 338 g/mol. The van der Waals surface area contributed by atoms with Gasteiger partial charge in [-0.25, -0.2) is 0 Å². The predicted octanol–water partition coefficient (Wildman–Crippen LogP) is 3.10. The Morgan fingerprint density at radius 3 is 2.78 bits per heavy atom. The second-order valence-electron chi connectivity index (χ2n) is 8.13. The molecule has 1 aromatic heterocycles. The molecule has 0 bridgehead atoms. The minimum absolute atomic E-state index is 0.509. The average molecular weight is 366 g/mol. The molecule has 0 unspecified atom stereocenters. The number of piperidine rings is 1. The number of azo groups is 2. The highest BCUT2D eigenvalue weighted by atomic mass is 15.4. The molecule has 0 spiro atoms. The van der Waals surface area contributed by atoms with Crippen LogP contribution < -0.4 is 5.32 Å². The SMILES string of the molecule is CN1CCC(NC2=CCC3=NC=C(c4cnn(C5CCCC5)c4)[N+]3=N2)CC1. The number of likely N-dealkylation sites (tertiary alicyclic amines) is 1. The van der Waals surface area contributed by atoms with Gasteiger partial charge in [0, 0.05) is 12.2 Å². The summed E-state index contributed by atoms with van der Waals surface area (Å²) in [4.78, 5) is 6.97. The van der Waals surface area contributed by atoms with Crippen LogP contribution in [0.15, 0.2) is 40.6 Å². The summed E-state index contributed by atoms with van der Waals surface area (Å²) in [7, 11) is 2.19. The molecule has 142 valence electrons. The van der Waals surface area contributed by atoms with Gasteiger partial charge in [-0.2, -0.15) is 5.10 Å². The molecule has 3 aliphatic heterocycles. The van der Waals surface area contributed by atoms with Gasteiger partial charge in [0.1, 0.15) is 0 Å². The van der Waals surface area contributed by atoms with E-state index < -0.39 is 0 Å². The number of fused-ring (bicyclic) bond motifs is 1. The Morgan fingerprint density at radius 2 is 1.96 bits per heavy atom. The van der Waals surface area contributed by atoms with Gasteiger partial charge in [0.25, 0.3) is 0 Å². The molecule has 5 rings (SSSR count). The summed E-state index contributed by atoms with van der Waals surface area (Å²) in [6.07, 6.45) is 16.5. The smallest absolute Gasteiger partial charge is 0.328 e. The van der Waals surface area contributed by atoms with Gasteiger partial charge in [-0.1, -0.05) is 22.7 Å². The first kappa shape index (κ1) is 16.9.